The minimum Gasteiger partial charge on any atom is -0.354 e. The largest absolute Gasteiger partial charge is 0.354 e. The van der Waals surface area contributed by atoms with Gasteiger partial charge in [-0.05, 0) is 24.8 Å². The SMILES string of the molecule is CC(C)CC(CN)CC(=O)NCCNC(=O)N(C)C. The summed E-state index contributed by atoms with van der Waals surface area (Å²) in [4.78, 5) is 24.4. The third-order valence-electron chi connectivity index (χ3n) is 2.74. The van der Waals surface area contributed by atoms with Gasteiger partial charge < -0.3 is 21.3 Å². The lowest BCUT2D eigenvalue weighted by Gasteiger charge is -2.17. The van der Waals surface area contributed by atoms with Crippen LogP contribution in [0, 0.1) is 11.8 Å². The van der Waals surface area contributed by atoms with Crippen LogP contribution >= 0.6 is 0 Å². The standard InChI is InChI=1S/C13H28N4O2/c1-10(2)7-11(9-14)8-12(18)15-5-6-16-13(19)17(3)4/h10-11H,5-9,14H2,1-4H3,(H,15,18)(H,16,19). The fourth-order valence-corrected chi connectivity index (χ4v) is 1.79. The summed E-state index contributed by atoms with van der Waals surface area (Å²) < 4.78 is 0. The van der Waals surface area contributed by atoms with Gasteiger partial charge in [0.05, 0.1) is 0 Å². The summed E-state index contributed by atoms with van der Waals surface area (Å²) in [5, 5.41) is 5.47. The van der Waals surface area contributed by atoms with Crippen LogP contribution in [0.4, 0.5) is 4.79 Å². The molecule has 19 heavy (non-hydrogen) atoms. The molecule has 0 aromatic carbocycles. The summed E-state index contributed by atoms with van der Waals surface area (Å²) in [6.07, 6.45) is 1.41. The summed E-state index contributed by atoms with van der Waals surface area (Å²) in [5.41, 5.74) is 5.65. The molecule has 0 spiro atoms. The molecule has 0 saturated heterocycles. The van der Waals surface area contributed by atoms with Crippen molar-refractivity contribution in [3.8, 4) is 0 Å². The molecule has 0 aliphatic carbocycles. The van der Waals surface area contributed by atoms with Crippen LogP contribution in [0.15, 0.2) is 0 Å². The van der Waals surface area contributed by atoms with E-state index in [-0.39, 0.29) is 17.9 Å². The fourth-order valence-electron chi connectivity index (χ4n) is 1.79. The van der Waals surface area contributed by atoms with E-state index in [4.69, 9.17) is 5.73 Å². The molecule has 0 bridgehead atoms. The van der Waals surface area contributed by atoms with Crippen molar-refractivity contribution >= 4 is 11.9 Å². The first-order valence-corrected chi connectivity index (χ1v) is 6.78. The highest BCUT2D eigenvalue weighted by Crippen LogP contribution is 2.13. The first-order chi connectivity index (χ1) is 8.86. The molecule has 0 aromatic heterocycles. The molecule has 0 aliphatic rings. The Hall–Kier alpha value is -1.30. The normalized spacial score (nSPS) is 12.1. The summed E-state index contributed by atoms with van der Waals surface area (Å²) in [6.45, 7) is 5.65. The predicted octanol–water partition coefficient (Wildman–Crippen LogP) is 0.385. The Balaban J connectivity index is 3.77. The maximum absolute atomic E-state index is 11.7. The van der Waals surface area contributed by atoms with Crippen LogP contribution in [-0.4, -0.2) is 50.6 Å². The molecule has 0 radical (unpaired) electrons. The first kappa shape index (κ1) is 17.7. The van der Waals surface area contributed by atoms with Crippen molar-refractivity contribution in [3.05, 3.63) is 0 Å². The van der Waals surface area contributed by atoms with Crippen molar-refractivity contribution in [2.24, 2.45) is 17.6 Å². The number of amides is 3. The van der Waals surface area contributed by atoms with Gasteiger partial charge in [-0.2, -0.15) is 0 Å². The number of rotatable bonds is 8. The lowest BCUT2D eigenvalue weighted by molar-refractivity contribution is -0.122. The van der Waals surface area contributed by atoms with Crippen molar-refractivity contribution in [2.75, 3.05) is 33.7 Å². The van der Waals surface area contributed by atoms with Crippen molar-refractivity contribution in [3.63, 3.8) is 0 Å². The van der Waals surface area contributed by atoms with E-state index in [9.17, 15) is 9.59 Å². The van der Waals surface area contributed by atoms with E-state index in [0.717, 1.165) is 6.42 Å². The molecule has 0 fully saturated rings. The number of carbonyl (C=O) groups is 2. The minimum atomic E-state index is -0.158. The lowest BCUT2D eigenvalue weighted by Crippen LogP contribution is -2.40. The van der Waals surface area contributed by atoms with Crippen LogP contribution in [0.1, 0.15) is 26.7 Å². The first-order valence-electron chi connectivity index (χ1n) is 6.78. The third-order valence-corrected chi connectivity index (χ3v) is 2.74. The van der Waals surface area contributed by atoms with Gasteiger partial charge in [-0.25, -0.2) is 4.79 Å². The number of hydrogen-bond acceptors (Lipinski definition) is 3. The van der Waals surface area contributed by atoms with Crippen LogP contribution in [0.5, 0.6) is 0 Å². The van der Waals surface area contributed by atoms with E-state index in [2.05, 4.69) is 24.5 Å². The molecule has 112 valence electrons. The van der Waals surface area contributed by atoms with Gasteiger partial charge in [-0.15, -0.1) is 0 Å². The van der Waals surface area contributed by atoms with Gasteiger partial charge in [0.15, 0.2) is 0 Å². The van der Waals surface area contributed by atoms with Crippen LogP contribution in [-0.2, 0) is 4.79 Å². The monoisotopic (exact) mass is 272 g/mol. The molecule has 0 saturated carbocycles. The fraction of sp³-hybridized carbons (Fsp3) is 0.846. The topological polar surface area (TPSA) is 87.5 Å². The van der Waals surface area contributed by atoms with Gasteiger partial charge >= 0.3 is 6.03 Å². The van der Waals surface area contributed by atoms with E-state index in [1.165, 1.54) is 4.90 Å². The van der Waals surface area contributed by atoms with Gasteiger partial charge in [0.25, 0.3) is 0 Å². The Morgan fingerprint density at radius 3 is 2.21 bits per heavy atom. The molecule has 6 nitrogen and oxygen atoms in total. The van der Waals surface area contributed by atoms with E-state index >= 15 is 0 Å². The number of nitrogens with zero attached hydrogens (tertiary/aromatic N) is 1. The molecule has 0 aromatic rings. The molecule has 4 N–H and O–H groups in total. The molecule has 0 heterocycles. The maximum atomic E-state index is 11.7. The molecule has 0 rings (SSSR count). The quantitative estimate of drug-likeness (QED) is 0.558. The third kappa shape index (κ3) is 9.30. The molecular weight excluding hydrogens is 244 g/mol. The van der Waals surface area contributed by atoms with Crippen molar-refractivity contribution in [1.29, 1.82) is 0 Å². The van der Waals surface area contributed by atoms with Crippen molar-refractivity contribution in [2.45, 2.75) is 26.7 Å². The zero-order valence-electron chi connectivity index (χ0n) is 12.5. The van der Waals surface area contributed by atoms with Crippen LogP contribution in [0.3, 0.4) is 0 Å². The molecule has 1 unspecified atom stereocenters. The summed E-state index contributed by atoms with van der Waals surface area (Å²) in [5.74, 6) is 0.771. The lowest BCUT2D eigenvalue weighted by atomic mass is 9.94. The number of carbonyl (C=O) groups excluding carboxylic acids is 2. The highest BCUT2D eigenvalue weighted by atomic mass is 16.2. The Bertz CT molecular complexity index is 280. The van der Waals surface area contributed by atoms with E-state index < -0.39 is 0 Å². The Labute approximate surface area is 116 Å². The second-order valence-corrected chi connectivity index (χ2v) is 5.41. The molecule has 3 amide bonds. The highest BCUT2D eigenvalue weighted by molar-refractivity contribution is 5.76. The number of hydrogen-bond donors (Lipinski definition) is 3. The zero-order valence-corrected chi connectivity index (χ0v) is 12.5. The number of urea groups is 1. The van der Waals surface area contributed by atoms with Gasteiger partial charge in [-0.1, -0.05) is 13.8 Å². The van der Waals surface area contributed by atoms with Gasteiger partial charge in [-0.3, -0.25) is 4.79 Å². The van der Waals surface area contributed by atoms with Gasteiger partial charge in [0.1, 0.15) is 0 Å². The van der Waals surface area contributed by atoms with Crippen molar-refractivity contribution in [1.82, 2.24) is 15.5 Å². The average Bonchev–Trinajstić information content (AvgIpc) is 2.32. The second-order valence-electron chi connectivity index (χ2n) is 5.41. The molecular formula is C13H28N4O2. The summed E-state index contributed by atoms with van der Waals surface area (Å²) in [6, 6.07) is -0.158. The molecule has 1 atom stereocenters. The van der Waals surface area contributed by atoms with Crippen molar-refractivity contribution < 1.29 is 9.59 Å². The van der Waals surface area contributed by atoms with Crippen LogP contribution in [0.25, 0.3) is 0 Å². The van der Waals surface area contributed by atoms with E-state index in [0.29, 0.717) is 32.0 Å². The van der Waals surface area contributed by atoms with Gasteiger partial charge in [0.2, 0.25) is 5.91 Å². The van der Waals surface area contributed by atoms with Crippen LogP contribution in [0.2, 0.25) is 0 Å². The predicted molar refractivity (Wildman–Crippen MR) is 76.7 cm³/mol. The van der Waals surface area contributed by atoms with E-state index in [1.54, 1.807) is 14.1 Å². The average molecular weight is 272 g/mol. The Morgan fingerprint density at radius 1 is 1.16 bits per heavy atom. The summed E-state index contributed by atoms with van der Waals surface area (Å²) in [7, 11) is 3.34. The highest BCUT2D eigenvalue weighted by Gasteiger charge is 2.13. The Morgan fingerprint density at radius 2 is 1.74 bits per heavy atom. The molecule has 0 aliphatic heterocycles. The smallest absolute Gasteiger partial charge is 0.316 e. The van der Waals surface area contributed by atoms with E-state index in [1.807, 2.05) is 0 Å². The molecule has 6 heteroatoms. The maximum Gasteiger partial charge on any atom is 0.316 e. The number of nitrogens with one attached hydrogen (secondary N) is 2. The van der Waals surface area contributed by atoms with Gasteiger partial charge in [0, 0.05) is 33.6 Å². The second kappa shape index (κ2) is 9.61. The van der Waals surface area contributed by atoms with Crippen LogP contribution < -0.4 is 16.4 Å². The zero-order chi connectivity index (χ0) is 14.8. The number of nitrogens with two attached hydrogens (primary N) is 1. The Kier molecular flexibility index (Phi) is 8.95. The minimum absolute atomic E-state index is 0.00444. The summed E-state index contributed by atoms with van der Waals surface area (Å²) >= 11 is 0.